The summed E-state index contributed by atoms with van der Waals surface area (Å²) in [5.74, 6) is 0.935. The van der Waals surface area contributed by atoms with E-state index in [4.69, 9.17) is 5.73 Å². The van der Waals surface area contributed by atoms with Crippen LogP contribution in [0, 0.1) is 5.92 Å². The van der Waals surface area contributed by atoms with Gasteiger partial charge in [0.25, 0.3) is 0 Å². The van der Waals surface area contributed by atoms with E-state index in [9.17, 15) is 0 Å². The molecule has 1 saturated carbocycles. The Hall–Kier alpha value is -0.0400. The van der Waals surface area contributed by atoms with E-state index in [1.807, 2.05) is 13.8 Å². The van der Waals surface area contributed by atoms with E-state index in [1.54, 1.807) is 0 Å². The molecule has 0 aromatic heterocycles. The van der Waals surface area contributed by atoms with Gasteiger partial charge in [0.1, 0.15) is 0 Å². The fraction of sp³-hybridized carbons (Fsp3) is 1.00. The van der Waals surface area contributed by atoms with Crippen molar-refractivity contribution in [2.24, 2.45) is 11.7 Å². The maximum absolute atomic E-state index is 5.63. The Morgan fingerprint density at radius 3 is 1.53 bits per heavy atom. The van der Waals surface area contributed by atoms with Crippen LogP contribution in [0.2, 0.25) is 0 Å². The second-order valence-electron chi connectivity index (χ2n) is 4.32. The lowest BCUT2D eigenvalue weighted by Crippen LogP contribution is -2.22. The average Bonchev–Trinajstić information content (AvgIpc) is 2.32. The van der Waals surface area contributed by atoms with Crippen molar-refractivity contribution in [2.75, 3.05) is 0 Å². The molecule has 0 atom stereocenters. The van der Waals surface area contributed by atoms with Crippen LogP contribution in [-0.4, -0.2) is 6.04 Å². The summed E-state index contributed by atoms with van der Waals surface area (Å²) in [6.45, 7) is 10.7. The normalized spacial score (nSPS) is 16.2. The molecule has 0 unspecified atom stereocenters. The molecule has 94 valence electrons. The lowest BCUT2D eigenvalue weighted by molar-refractivity contribution is 0.441. The standard InChI is InChI=1S/C6H13N.C6H14.C2H6/c7-6-4-2-1-3-5-6;1-4-6(3)5-2;1-2/h6H,1-5,7H2;6H,4-5H2,1-3H3;1-2H3. The highest BCUT2D eigenvalue weighted by molar-refractivity contribution is 4.66. The van der Waals surface area contributed by atoms with Crippen molar-refractivity contribution < 1.29 is 0 Å². The van der Waals surface area contributed by atoms with E-state index in [-0.39, 0.29) is 0 Å². The zero-order chi connectivity index (χ0) is 12.1. The fourth-order valence-electron chi connectivity index (χ4n) is 1.42. The van der Waals surface area contributed by atoms with Crippen LogP contribution in [0.25, 0.3) is 0 Å². The third-order valence-corrected chi connectivity index (χ3v) is 3.04. The summed E-state index contributed by atoms with van der Waals surface area (Å²) in [7, 11) is 0. The monoisotopic (exact) mass is 215 g/mol. The number of rotatable bonds is 2. The van der Waals surface area contributed by atoms with Gasteiger partial charge in [-0.1, -0.05) is 66.7 Å². The number of hydrogen-bond donors (Lipinski definition) is 1. The molecule has 0 bridgehead atoms. The Morgan fingerprint density at radius 1 is 1.00 bits per heavy atom. The molecule has 0 amide bonds. The minimum absolute atomic E-state index is 0.536. The van der Waals surface area contributed by atoms with Gasteiger partial charge in [-0.3, -0.25) is 0 Å². The summed E-state index contributed by atoms with van der Waals surface area (Å²) in [6.07, 6.45) is 9.32. The molecule has 0 aromatic rings. The molecule has 1 rings (SSSR count). The first-order valence-electron chi connectivity index (χ1n) is 6.96. The first-order chi connectivity index (χ1) is 7.20. The number of hydrogen-bond acceptors (Lipinski definition) is 1. The lowest BCUT2D eigenvalue weighted by Gasteiger charge is -2.15. The molecule has 0 saturated heterocycles. The predicted molar refractivity (Wildman–Crippen MR) is 72.2 cm³/mol. The van der Waals surface area contributed by atoms with Crippen LogP contribution in [0.1, 0.15) is 79.6 Å². The van der Waals surface area contributed by atoms with Gasteiger partial charge in [0.05, 0.1) is 0 Å². The van der Waals surface area contributed by atoms with Crippen LogP contribution in [0.5, 0.6) is 0 Å². The summed E-state index contributed by atoms with van der Waals surface area (Å²) in [4.78, 5) is 0. The SMILES string of the molecule is CC.CCC(C)CC.NC1CCCCC1. The van der Waals surface area contributed by atoms with Gasteiger partial charge in [0.15, 0.2) is 0 Å². The van der Waals surface area contributed by atoms with Gasteiger partial charge in [0.2, 0.25) is 0 Å². The van der Waals surface area contributed by atoms with Crippen molar-refractivity contribution in [1.29, 1.82) is 0 Å². The van der Waals surface area contributed by atoms with E-state index >= 15 is 0 Å². The van der Waals surface area contributed by atoms with Crippen LogP contribution in [0.15, 0.2) is 0 Å². The first-order valence-corrected chi connectivity index (χ1v) is 6.96. The van der Waals surface area contributed by atoms with Crippen molar-refractivity contribution in [2.45, 2.75) is 85.6 Å². The second-order valence-corrected chi connectivity index (χ2v) is 4.32. The molecule has 0 radical (unpaired) electrons. The summed E-state index contributed by atoms with van der Waals surface area (Å²) in [6, 6.07) is 0.536. The van der Waals surface area contributed by atoms with Gasteiger partial charge >= 0.3 is 0 Å². The highest BCUT2D eigenvalue weighted by Gasteiger charge is 2.06. The zero-order valence-corrected chi connectivity index (χ0v) is 11.7. The Balaban J connectivity index is 0. The van der Waals surface area contributed by atoms with E-state index in [1.165, 1.54) is 44.9 Å². The van der Waals surface area contributed by atoms with E-state index in [0.29, 0.717) is 6.04 Å². The van der Waals surface area contributed by atoms with Crippen molar-refractivity contribution in [3.8, 4) is 0 Å². The smallest absolute Gasteiger partial charge is 0.00388 e. The van der Waals surface area contributed by atoms with Gasteiger partial charge < -0.3 is 5.73 Å². The zero-order valence-electron chi connectivity index (χ0n) is 11.7. The van der Waals surface area contributed by atoms with Crippen molar-refractivity contribution in [3.63, 3.8) is 0 Å². The van der Waals surface area contributed by atoms with E-state index in [0.717, 1.165) is 5.92 Å². The molecule has 2 N–H and O–H groups in total. The quantitative estimate of drug-likeness (QED) is 0.707. The molecule has 1 nitrogen and oxygen atoms in total. The van der Waals surface area contributed by atoms with Gasteiger partial charge in [-0.25, -0.2) is 0 Å². The molecule has 1 aliphatic carbocycles. The summed E-state index contributed by atoms with van der Waals surface area (Å²) in [5.41, 5.74) is 5.63. The molecular formula is C14H33N. The molecular weight excluding hydrogens is 182 g/mol. The van der Waals surface area contributed by atoms with Gasteiger partial charge in [-0.2, -0.15) is 0 Å². The fourth-order valence-corrected chi connectivity index (χ4v) is 1.42. The topological polar surface area (TPSA) is 26.0 Å². The van der Waals surface area contributed by atoms with Crippen LogP contribution in [0.4, 0.5) is 0 Å². The van der Waals surface area contributed by atoms with Gasteiger partial charge in [0, 0.05) is 6.04 Å². The molecule has 15 heavy (non-hydrogen) atoms. The molecule has 1 heteroatoms. The minimum atomic E-state index is 0.536. The predicted octanol–water partition coefficient (Wildman–Crippen LogP) is 4.75. The number of nitrogens with two attached hydrogens (primary N) is 1. The van der Waals surface area contributed by atoms with Gasteiger partial charge in [-0.15, -0.1) is 0 Å². The van der Waals surface area contributed by atoms with Gasteiger partial charge in [-0.05, 0) is 18.8 Å². The Labute approximate surface area is 97.8 Å². The Kier molecular flexibility index (Phi) is 16.2. The Morgan fingerprint density at radius 2 is 1.40 bits per heavy atom. The maximum atomic E-state index is 5.63. The van der Waals surface area contributed by atoms with Crippen molar-refractivity contribution in [3.05, 3.63) is 0 Å². The highest BCUT2D eigenvalue weighted by Crippen LogP contribution is 2.14. The second kappa shape index (κ2) is 14.0. The largest absolute Gasteiger partial charge is 0.328 e. The summed E-state index contributed by atoms with van der Waals surface area (Å²) in [5, 5.41) is 0. The third kappa shape index (κ3) is 14.0. The van der Waals surface area contributed by atoms with Crippen LogP contribution < -0.4 is 5.73 Å². The van der Waals surface area contributed by atoms with Crippen molar-refractivity contribution in [1.82, 2.24) is 0 Å². The minimum Gasteiger partial charge on any atom is -0.328 e. The molecule has 0 heterocycles. The highest BCUT2D eigenvalue weighted by atomic mass is 14.6. The molecule has 0 spiro atoms. The molecule has 0 aromatic carbocycles. The van der Waals surface area contributed by atoms with E-state index in [2.05, 4.69) is 20.8 Å². The Bertz CT molecular complexity index is 91.5. The third-order valence-electron chi connectivity index (χ3n) is 3.04. The van der Waals surface area contributed by atoms with Crippen LogP contribution >= 0.6 is 0 Å². The maximum Gasteiger partial charge on any atom is 0.00388 e. The lowest BCUT2D eigenvalue weighted by atomic mass is 9.97. The first kappa shape index (κ1) is 17.4. The van der Waals surface area contributed by atoms with Crippen LogP contribution in [-0.2, 0) is 0 Å². The molecule has 1 fully saturated rings. The molecule has 1 aliphatic rings. The van der Waals surface area contributed by atoms with E-state index < -0.39 is 0 Å². The summed E-state index contributed by atoms with van der Waals surface area (Å²) >= 11 is 0. The van der Waals surface area contributed by atoms with Crippen LogP contribution in [0.3, 0.4) is 0 Å². The van der Waals surface area contributed by atoms with Crippen molar-refractivity contribution >= 4 is 0 Å². The molecule has 0 aliphatic heterocycles. The average molecular weight is 215 g/mol. The summed E-state index contributed by atoms with van der Waals surface area (Å²) < 4.78 is 0.